The Hall–Kier alpha value is -0.0100. The van der Waals surface area contributed by atoms with Crippen LogP contribution in [0.4, 0.5) is 0 Å². The summed E-state index contributed by atoms with van der Waals surface area (Å²) in [5, 5.41) is 9.27. The maximum atomic E-state index is 12.1. The average Bonchev–Trinajstić information content (AvgIpc) is 2.58. The zero-order chi connectivity index (χ0) is 20.7. The number of carboxylic acid groups (broad SMARTS) is 1. The van der Waals surface area contributed by atoms with Gasteiger partial charge >= 0.3 is 11.9 Å². The highest BCUT2D eigenvalue weighted by Gasteiger charge is 2.26. The molecule has 160 valence electrons. The lowest BCUT2D eigenvalue weighted by Gasteiger charge is -2.16. The number of ether oxygens (including phenoxy) is 1. The Morgan fingerprint density at radius 3 is 1.78 bits per heavy atom. The Balaban J connectivity index is 3.96. The first kappa shape index (κ1) is 27.0. The van der Waals surface area contributed by atoms with Crippen molar-refractivity contribution in [3.05, 3.63) is 0 Å². The summed E-state index contributed by atoms with van der Waals surface area (Å²) in [5.74, 6) is 1.29. The number of unbranched alkanes of at least 4 members (excludes halogenated alkanes) is 4. The van der Waals surface area contributed by atoms with Gasteiger partial charge in [-0.2, -0.15) is 12.6 Å². The molecule has 0 radical (unpaired) electrons. The minimum atomic E-state index is -1.14. The van der Waals surface area contributed by atoms with Gasteiger partial charge in [0, 0.05) is 0 Å². The number of hydrogen-bond donors (Lipinski definition) is 2. The molecule has 7 heteroatoms. The van der Waals surface area contributed by atoms with Gasteiger partial charge in [-0.05, 0) is 36.2 Å². The van der Waals surface area contributed by atoms with Gasteiger partial charge in [0.15, 0.2) is 0 Å². The second-order valence-corrected chi connectivity index (χ2v) is 10.9. The lowest BCUT2D eigenvalue weighted by Crippen LogP contribution is -2.27. The molecule has 2 unspecified atom stereocenters. The summed E-state index contributed by atoms with van der Waals surface area (Å²) in [6.07, 6.45) is 8.98. The van der Waals surface area contributed by atoms with Crippen molar-refractivity contribution in [2.45, 2.75) is 89.1 Å². The van der Waals surface area contributed by atoms with Crippen molar-refractivity contribution < 1.29 is 19.4 Å². The summed E-state index contributed by atoms with van der Waals surface area (Å²) >= 11 is 6.88. The van der Waals surface area contributed by atoms with Gasteiger partial charge in [0.05, 0.1) is 0 Å². The van der Waals surface area contributed by atoms with E-state index in [0.29, 0.717) is 11.7 Å². The number of esters is 1. The van der Waals surface area contributed by atoms with Crippen LogP contribution in [-0.4, -0.2) is 38.6 Å². The number of carbonyl (C=O) groups excluding carboxylic acids is 1. The van der Waals surface area contributed by atoms with E-state index in [-0.39, 0.29) is 0 Å². The van der Waals surface area contributed by atoms with Gasteiger partial charge < -0.3 is 9.84 Å². The van der Waals surface area contributed by atoms with Crippen molar-refractivity contribution in [3.8, 4) is 0 Å². The summed E-state index contributed by atoms with van der Waals surface area (Å²) < 4.78 is 4.53. The predicted octanol–water partition coefficient (Wildman–Crippen LogP) is 6.10. The van der Waals surface area contributed by atoms with Crippen LogP contribution >= 0.6 is 36.2 Å². The quantitative estimate of drug-likeness (QED) is 0.124. The zero-order valence-electron chi connectivity index (χ0n) is 17.3. The molecular weight excluding hydrogens is 400 g/mol. The molecule has 0 aliphatic heterocycles. The first-order valence-electron chi connectivity index (χ1n) is 10.1. The maximum absolute atomic E-state index is 12.1. The SMILES string of the molecule is CC(C)CCCCCSC(S)C(=O)OC(SCCCCCC(C)C)C(=O)O. The first-order valence-corrected chi connectivity index (χ1v) is 12.7. The van der Waals surface area contributed by atoms with Crippen LogP contribution in [0.25, 0.3) is 0 Å². The van der Waals surface area contributed by atoms with Crippen LogP contribution in [0, 0.1) is 11.8 Å². The molecule has 0 aliphatic rings. The molecule has 0 aromatic rings. The fourth-order valence-corrected chi connectivity index (χ4v) is 4.49. The first-order chi connectivity index (χ1) is 12.7. The molecule has 0 heterocycles. The molecule has 2 atom stereocenters. The van der Waals surface area contributed by atoms with E-state index >= 15 is 0 Å². The summed E-state index contributed by atoms with van der Waals surface area (Å²) in [6, 6.07) is 0. The van der Waals surface area contributed by atoms with Gasteiger partial charge in [-0.3, -0.25) is 0 Å². The Morgan fingerprint density at radius 2 is 1.33 bits per heavy atom. The fraction of sp³-hybridized carbons (Fsp3) is 0.900. The molecule has 0 saturated heterocycles. The van der Waals surface area contributed by atoms with E-state index < -0.39 is 22.0 Å². The van der Waals surface area contributed by atoms with E-state index in [9.17, 15) is 14.7 Å². The molecular formula is C20H38O4S3. The van der Waals surface area contributed by atoms with Crippen LogP contribution in [0.2, 0.25) is 0 Å². The predicted molar refractivity (Wildman–Crippen MR) is 122 cm³/mol. The van der Waals surface area contributed by atoms with Crippen molar-refractivity contribution in [1.29, 1.82) is 0 Å². The third-order valence-corrected chi connectivity index (χ3v) is 6.84. The molecule has 0 bridgehead atoms. The molecule has 0 saturated carbocycles. The highest BCUT2D eigenvalue weighted by atomic mass is 32.2. The molecule has 0 fully saturated rings. The van der Waals surface area contributed by atoms with E-state index in [0.717, 1.165) is 43.8 Å². The molecule has 0 aromatic carbocycles. The molecule has 0 spiro atoms. The smallest absolute Gasteiger partial charge is 0.355 e. The monoisotopic (exact) mass is 438 g/mol. The summed E-state index contributed by atoms with van der Waals surface area (Å²) in [5.41, 5.74) is -1.14. The minimum absolute atomic E-state index is 0.551. The Morgan fingerprint density at radius 1 is 0.852 bits per heavy atom. The van der Waals surface area contributed by atoms with Gasteiger partial charge in [0.25, 0.3) is 0 Å². The van der Waals surface area contributed by atoms with E-state index in [4.69, 9.17) is 4.74 Å². The summed E-state index contributed by atoms with van der Waals surface area (Å²) in [6.45, 7) is 8.84. The van der Waals surface area contributed by atoms with Crippen molar-refractivity contribution in [2.24, 2.45) is 11.8 Å². The Kier molecular flexibility index (Phi) is 16.9. The van der Waals surface area contributed by atoms with E-state index in [1.807, 2.05) is 0 Å². The molecule has 1 N–H and O–H groups in total. The van der Waals surface area contributed by atoms with Gasteiger partial charge in [0.1, 0.15) is 4.58 Å². The highest BCUT2D eigenvalue weighted by molar-refractivity contribution is 8.11. The lowest BCUT2D eigenvalue weighted by molar-refractivity contribution is -0.156. The molecule has 27 heavy (non-hydrogen) atoms. The fourth-order valence-electron chi connectivity index (χ4n) is 2.44. The summed E-state index contributed by atoms with van der Waals surface area (Å²) in [4.78, 5) is 23.4. The molecule has 0 rings (SSSR count). The second-order valence-electron chi connectivity index (χ2n) is 7.69. The topological polar surface area (TPSA) is 63.6 Å². The third kappa shape index (κ3) is 16.6. The Bertz CT molecular complexity index is 403. The van der Waals surface area contributed by atoms with Crippen molar-refractivity contribution in [2.75, 3.05) is 11.5 Å². The van der Waals surface area contributed by atoms with Crippen LogP contribution in [0.1, 0.15) is 79.1 Å². The number of hydrogen-bond acceptors (Lipinski definition) is 6. The lowest BCUT2D eigenvalue weighted by atomic mass is 10.1. The zero-order valence-corrected chi connectivity index (χ0v) is 19.8. The van der Waals surface area contributed by atoms with Gasteiger partial charge in [0.2, 0.25) is 5.44 Å². The van der Waals surface area contributed by atoms with Crippen molar-refractivity contribution >= 4 is 48.1 Å². The van der Waals surface area contributed by atoms with Crippen LogP contribution in [0.5, 0.6) is 0 Å². The van der Waals surface area contributed by atoms with Gasteiger partial charge in [-0.25, -0.2) is 9.59 Å². The van der Waals surface area contributed by atoms with E-state index in [2.05, 4.69) is 40.3 Å². The van der Waals surface area contributed by atoms with Gasteiger partial charge in [-0.1, -0.05) is 66.2 Å². The minimum Gasteiger partial charge on any atom is -0.478 e. The van der Waals surface area contributed by atoms with Crippen LogP contribution < -0.4 is 0 Å². The van der Waals surface area contributed by atoms with Crippen molar-refractivity contribution in [1.82, 2.24) is 0 Å². The number of thioether (sulfide) groups is 2. The second kappa shape index (κ2) is 16.9. The largest absolute Gasteiger partial charge is 0.478 e. The van der Waals surface area contributed by atoms with Crippen LogP contribution in [0.15, 0.2) is 0 Å². The summed E-state index contributed by atoms with van der Waals surface area (Å²) in [7, 11) is 0. The number of aliphatic carboxylic acids is 1. The molecule has 4 nitrogen and oxygen atoms in total. The maximum Gasteiger partial charge on any atom is 0.355 e. The number of thiol groups is 1. The third-order valence-electron chi connectivity index (χ3n) is 4.02. The van der Waals surface area contributed by atoms with Crippen LogP contribution in [0.3, 0.4) is 0 Å². The van der Waals surface area contributed by atoms with Crippen LogP contribution in [-0.2, 0) is 14.3 Å². The highest BCUT2D eigenvalue weighted by Crippen LogP contribution is 2.23. The van der Waals surface area contributed by atoms with Crippen molar-refractivity contribution in [3.63, 3.8) is 0 Å². The van der Waals surface area contributed by atoms with E-state index in [1.54, 1.807) is 0 Å². The molecule has 0 amide bonds. The molecule has 0 aliphatic carbocycles. The Labute approximate surface area is 179 Å². The standard InChI is InChI=1S/C20H38O4S3/c1-15(2)11-7-5-9-13-26-19(17(21)22)24-18(23)20(25)27-14-10-6-8-12-16(3)4/h15-16,19-20,25H,5-14H2,1-4H3,(H,21,22). The number of carbonyl (C=O) groups is 2. The molecule has 0 aromatic heterocycles. The van der Waals surface area contributed by atoms with Gasteiger partial charge in [-0.15, -0.1) is 23.5 Å². The average molecular weight is 439 g/mol. The normalized spacial score (nSPS) is 13.7. The number of rotatable bonds is 17. The number of carboxylic acids is 1. The van der Waals surface area contributed by atoms with E-state index in [1.165, 1.54) is 42.8 Å².